The summed E-state index contributed by atoms with van der Waals surface area (Å²) in [5.74, 6) is 0.506. The Bertz CT molecular complexity index is 454. The van der Waals surface area contributed by atoms with E-state index in [0.29, 0.717) is 19.1 Å². The molecule has 1 fully saturated rings. The maximum atomic E-state index is 12.3. The van der Waals surface area contributed by atoms with Gasteiger partial charge < -0.3 is 15.8 Å². The Kier molecular flexibility index (Phi) is 5.43. The van der Waals surface area contributed by atoms with Crippen molar-refractivity contribution < 1.29 is 9.53 Å². The highest BCUT2D eigenvalue weighted by Crippen LogP contribution is 2.28. The molecule has 4 nitrogen and oxygen atoms in total. The number of carbonyl (C=O) groups excluding carboxylic acids is 1. The minimum Gasteiger partial charge on any atom is -0.376 e. The predicted octanol–water partition coefficient (Wildman–Crippen LogP) is 2.10. The maximum absolute atomic E-state index is 12.3. The summed E-state index contributed by atoms with van der Waals surface area (Å²) < 4.78 is 5.42. The van der Waals surface area contributed by atoms with Gasteiger partial charge in [0, 0.05) is 17.3 Å². The van der Waals surface area contributed by atoms with Crippen LogP contribution in [-0.2, 0) is 17.8 Å². The zero-order valence-electron chi connectivity index (χ0n) is 11.4. The number of nitrogens with two attached hydrogens (primary N) is 1. The van der Waals surface area contributed by atoms with Gasteiger partial charge in [-0.2, -0.15) is 0 Å². The Morgan fingerprint density at radius 2 is 2.35 bits per heavy atom. The van der Waals surface area contributed by atoms with E-state index in [-0.39, 0.29) is 24.4 Å². The second-order valence-corrected chi connectivity index (χ2v) is 6.51. The van der Waals surface area contributed by atoms with Gasteiger partial charge in [0.25, 0.3) is 5.91 Å². The van der Waals surface area contributed by atoms with Crippen LogP contribution >= 0.6 is 23.7 Å². The summed E-state index contributed by atoms with van der Waals surface area (Å²) >= 11 is 1.61. The SMILES string of the molecule is Cl.NCC1CCCC1NC(=O)c1cc2c(s1)CCOC2. The second kappa shape index (κ2) is 6.89. The van der Waals surface area contributed by atoms with Crippen LogP contribution in [0.15, 0.2) is 6.07 Å². The molecule has 1 saturated carbocycles. The van der Waals surface area contributed by atoms with Crippen LogP contribution in [0.4, 0.5) is 0 Å². The highest BCUT2D eigenvalue weighted by Gasteiger charge is 2.28. The molecule has 0 spiro atoms. The summed E-state index contributed by atoms with van der Waals surface area (Å²) in [7, 11) is 0. The lowest BCUT2D eigenvalue weighted by molar-refractivity contribution is 0.0932. The van der Waals surface area contributed by atoms with Crippen LogP contribution in [0, 0.1) is 5.92 Å². The second-order valence-electron chi connectivity index (χ2n) is 5.37. The fourth-order valence-corrected chi connectivity index (χ4v) is 4.06. The highest BCUT2D eigenvalue weighted by molar-refractivity contribution is 7.14. The molecule has 0 saturated heterocycles. The summed E-state index contributed by atoms with van der Waals surface area (Å²) in [5, 5.41) is 3.16. The number of halogens is 1. The first-order valence-electron chi connectivity index (χ1n) is 6.98. The molecule has 1 aromatic heterocycles. The smallest absolute Gasteiger partial charge is 0.261 e. The zero-order valence-corrected chi connectivity index (χ0v) is 13.0. The zero-order chi connectivity index (χ0) is 13.2. The quantitative estimate of drug-likeness (QED) is 0.897. The van der Waals surface area contributed by atoms with Gasteiger partial charge in [-0.3, -0.25) is 4.79 Å². The third-order valence-corrected chi connectivity index (χ3v) is 5.37. The minimum absolute atomic E-state index is 0. The molecule has 2 aliphatic rings. The molecule has 1 aliphatic carbocycles. The standard InChI is InChI=1S/C14H20N2O2S.ClH/c15-7-9-2-1-3-11(9)16-14(17)13-6-10-8-18-5-4-12(10)19-13;/h6,9,11H,1-5,7-8,15H2,(H,16,17);1H. The number of nitrogens with one attached hydrogen (secondary N) is 1. The molecule has 3 rings (SSSR count). The molecule has 0 radical (unpaired) electrons. The van der Waals surface area contributed by atoms with Crippen molar-refractivity contribution in [2.45, 2.75) is 38.3 Å². The van der Waals surface area contributed by atoms with Gasteiger partial charge >= 0.3 is 0 Å². The summed E-state index contributed by atoms with van der Waals surface area (Å²) in [5.41, 5.74) is 6.94. The van der Waals surface area contributed by atoms with E-state index in [0.717, 1.165) is 30.7 Å². The molecular weight excluding hydrogens is 296 g/mol. The van der Waals surface area contributed by atoms with Crippen LogP contribution in [0.5, 0.6) is 0 Å². The highest BCUT2D eigenvalue weighted by atomic mass is 35.5. The van der Waals surface area contributed by atoms with Crippen molar-refractivity contribution in [3.63, 3.8) is 0 Å². The van der Waals surface area contributed by atoms with Gasteiger partial charge in [-0.25, -0.2) is 0 Å². The van der Waals surface area contributed by atoms with Gasteiger partial charge in [0.1, 0.15) is 0 Å². The lowest BCUT2D eigenvalue weighted by Gasteiger charge is -2.18. The molecule has 6 heteroatoms. The van der Waals surface area contributed by atoms with Crippen LogP contribution in [0.3, 0.4) is 0 Å². The van der Waals surface area contributed by atoms with Crippen LogP contribution < -0.4 is 11.1 Å². The average Bonchev–Trinajstić information content (AvgIpc) is 3.03. The number of hydrogen-bond acceptors (Lipinski definition) is 4. The Balaban J connectivity index is 0.00000147. The Morgan fingerprint density at radius 1 is 1.50 bits per heavy atom. The maximum Gasteiger partial charge on any atom is 0.261 e. The van der Waals surface area contributed by atoms with E-state index in [1.807, 2.05) is 6.07 Å². The van der Waals surface area contributed by atoms with E-state index in [2.05, 4.69) is 5.32 Å². The van der Waals surface area contributed by atoms with Crippen molar-refractivity contribution in [1.82, 2.24) is 5.32 Å². The monoisotopic (exact) mass is 316 g/mol. The van der Waals surface area contributed by atoms with Crippen molar-refractivity contribution in [3.8, 4) is 0 Å². The van der Waals surface area contributed by atoms with E-state index in [1.54, 1.807) is 11.3 Å². The van der Waals surface area contributed by atoms with Crippen molar-refractivity contribution >= 4 is 29.7 Å². The van der Waals surface area contributed by atoms with Crippen molar-refractivity contribution in [2.75, 3.05) is 13.2 Å². The normalized spacial score (nSPS) is 24.9. The van der Waals surface area contributed by atoms with E-state index < -0.39 is 0 Å². The number of thiophene rings is 1. The number of ether oxygens (including phenoxy) is 1. The topological polar surface area (TPSA) is 64.3 Å². The van der Waals surface area contributed by atoms with Crippen molar-refractivity contribution in [2.24, 2.45) is 11.7 Å². The van der Waals surface area contributed by atoms with Crippen LogP contribution in [0.2, 0.25) is 0 Å². The fourth-order valence-electron chi connectivity index (χ4n) is 3.01. The van der Waals surface area contributed by atoms with Crippen LogP contribution in [-0.4, -0.2) is 25.1 Å². The molecule has 2 heterocycles. The van der Waals surface area contributed by atoms with E-state index in [4.69, 9.17) is 10.5 Å². The molecule has 1 aromatic rings. The molecule has 1 aliphatic heterocycles. The molecular formula is C14H21ClN2O2S. The molecule has 112 valence electrons. The molecule has 3 N–H and O–H groups in total. The number of amides is 1. The van der Waals surface area contributed by atoms with Crippen molar-refractivity contribution in [1.29, 1.82) is 0 Å². The summed E-state index contributed by atoms with van der Waals surface area (Å²) in [4.78, 5) is 14.4. The molecule has 2 atom stereocenters. The summed E-state index contributed by atoms with van der Waals surface area (Å²) in [6.45, 7) is 2.08. The Labute approximate surface area is 129 Å². The average molecular weight is 317 g/mol. The predicted molar refractivity (Wildman–Crippen MR) is 82.6 cm³/mol. The number of fused-ring (bicyclic) bond motifs is 1. The lowest BCUT2D eigenvalue weighted by atomic mass is 10.0. The van der Waals surface area contributed by atoms with Gasteiger partial charge in [0.15, 0.2) is 0 Å². The molecule has 2 unspecified atom stereocenters. The van der Waals surface area contributed by atoms with Crippen LogP contribution in [0.1, 0.15) is 39.4 Å². The number of carbonyl (C=O) groups is 1. The lowest BCUT2D eigenvalue weighted by Crippen LogP contribution is -2.39. The van der Waals surface area contributed by atoms with Gasteiger partial charge in [0.2, 0.25) is 0 Å². The minimum atomic E-state index is 0. The number of hydrogen-bond donors (Lipinski definition) is 2. The Hall–Kier alpha value is -0.620. The Morgan fingerprint density at radius 3 is 3.10 bits per heavy atom. The molecule has 0 aromatic carbocycles. The molecule has 1 amide bonds. The first-order valence-corrected chi connectivity index (χ1v) is 7.80. The third-order valence-electron chi connectivity index (χ3n) is 4.13. The van der Waals surface area contributed by atoms with Crippen LogP contribution in [0.25, 0.3) is 0 Å². The van der Waals surface area contributed by atoms with E-state index in [1.165, 1.54) is 16.9 Å². The van der Waals surface area contributed by atoms with Gasteiger partial charge in [0.05, 0.1) is 18.1 Å². The largest absolute Gasteiger partial charge is 0.376 e. The first-order chi connectivity index (χ1) is 9.28. The van der Waals surface area contributed by atoms with Gasteiger partial charge in [-0.05, 0) is 36.9 Å². The number of rotatable bonds is 3. The third kappa shape index (κ3) is 3.17. The molecule has 20 heavy (non-hydrogen) atoms. The fraction of sp³-hybridized carbons (Fsp3) is 0.643. The van der Waals surface area contributed by atoms with E-state index >= 15 is 0 Å². The van der Waals surface area contributed by atoms with E-state index in [9.17, 15) is 4.79 Å². The summed E-state index contributed by atoms with van der Waals surface area (Å²) in [6, 6.07) is 2.24. The summed E-state index contributed by atoms with van der Waals surface area (Å²) in [6.07, 6.45) is 4.29. The van der Waals surface area contributed by atoms with Gasteiger partial charge in [-0.15, -0.1) is 23.7 Å². The van der Waals surface area contributed by atoms with Crippen molar-refractivity contribution in [3.05, 3.63) is 21.4 Å². The van der Waals surface area contributed by atoms with Gasteiger partial charge in [-0.1, -0.05) is 6.42 Å². The first kappa shape index (κ1) is 15.8. The molecule has 0 bridgehead atoms.